The van der Waals surface area contributed by atoms with Gasteiger partial charge in [-0.1, -0.05) is 17.7 Å². The molecule has 1 atom stereocenters. The van der Waals surface area contributed by atoms with E-state index < -0.39 is 0 Å². The molecule has 1 aromatic carbocycles. The lowest BCUT2D eigenvalue weighted by Crippen LogP contribution is -2.39. The lowest BCUT2D eigenvalue weighted by molar-refractivity contribution is 0.236. The van der Waals surface area contributed by atoms with Crippen molar-refractivity contribution in [3.8, 4) is 5.75 Å². The smallest absolute Gasteiger partial charge is 0.319 e. The highest BCUT2D eigenvalue weighted by Gasteiger charge is 2.08. The van der Waals surface area contributed by atoms with Crippen LogP contribution >= 0.6 is 0 Å². The molecular formula is C14H18N4O2. The van der Waals surface area contributed by atoms with Crippen molar-refractivity contribution in [2.24, 2.45) is 0 Å². The van der Waals surface area contributed by atoms with Crippen molar-refractivity contribution in [1.29, 1.82) is 0 Å². The molecule has 3 N–H and O–H groups in total. The van der Waals surface area contributed by atoms with E-state index in [-0.39, 0.29) is 12.1 Å². The fraction of sp³-hybridized carbons (Fsp3) is 0.286. The van der Waals surface area contributed by atoms with Crippen molar-refractivity contribution in [2.75, 3.05) is 11.9 Å². The molecule has 0 fully saturated rings. The summed E-state index contributed by atoms with van der Waals surface area (Å²) >= 11 is 0. The summed E-state index contributed by atoms with van der Waals surface area (Å²) in [7, 11) is 0. The maximum Gasteiger partial charge on any atom is 0.319 e. The van der Waals surface area contributed by atoms with Crippen LogP contribution in [0.2, 0.25) is 0 Å². The lowest BCUT2D eigenvalue weighted by atomic mass is 10.2. The van der Waals surface area contributed by atoms with Gasteiger partial charge in [-0.05, 0) is 26.0 Å². The van der Waals surface area contributed by atoms with Crippen LogP contribution in [-0.2, 0) is 0 Å². The molecule has 106 valence electrons. The Morgan fingerprint density at radius 2 is 2.15 bits per heavy atom. The van der Waals surface area contributed by atoms with Gasteiger partial charge in [0, 0.05) is 6.20 Å². The molecule has 0 saturated carbocycles. The topological polar surface area (TPSA) is 79.0 Å². The number of carbonyl (C=O) groups excluding carboxylic acids is 1. The molecular weight excluding hydrogens is 256 g/mol. The highest BCUT2D eigenvalue weighted by Crippen LogP contribution is 2.11. The largest absolute Gasteiger partial charge is 0.491 e. The van der Waals surface area contributed by atoms with Crippen LogP contribution in [0.5, 0.6) is 5.75 Å². The van der Waals surface area contributed by atoms with Crippen molar-refractivity contribution in [3.05, 3.63) is 42.2 Å². The van der Waals surface area contributed by atoms with Crippen molar-refractivity contribution >= 4 is 11.7 Å². The van der Waals surface area contributed by atoms with E-state index in [0.717, 1.165) is 5.75 Å². The van der Waals surface area contributed by atoms with Crippen LogP contribution in [0.4, 0.5) is 10.5 Å². The van der Waals surface area contributed by atoms with Gasteiger partial charge >= 0.3 is 6.03 Å². The van der Waals surface area contributed by atoms with Crippen LogP contribution in [0, 0.1) is 6.92 Å². The van der Waals surface area contributed by atoms with Crippen LogP contribution in [0.3, 0.4) is 0 Å². The summed E-state index contributed by atoms with van der Waals surface area (Å²) < 4.78 is 5.60. The van der Waals surface area contributed by atoms with Gasteiger partial charge in [0.15, 0.2) is 0 Å². The standard InChI is InChI=1S/C14H18N4O2/c1-10-3-5-13(6-4-10)20-9-11(2)17-14(19)18-12-7-15-16-8-12/h3-8,11H,9H2,1-2H3,(H,15,16)(H2,17,18,19)/t11-/m1/s1. The number of aromatic amines is 1. The first-order valence-corrected chi connectivity index (χ1v) is 6.39. The van der Waals surface area contributed by atoms with Crippen molar-refractivity contribution < 1.29 is 9.53 Å². The Balaban J connectivity index is 1.73. The Kier molecular flexibility index (Phi) is 4.60. The van der Waals surface area contributed by atoms with E-state index in [4.69, 9.17) is 4.74 Å². The van der Waals surface area contributed by atoms with E-state index in [2.05, 4.69) is 20.8 Å². The van der Waals surface area contributed by atoms with Crippen molar-refractivity contribution in [3.63, 3.8) is 0 Å². The molecule has 0 saturated heterocycles. The minimum atomic E-state index is -0.286. The van der Waals surface area contributed by atoms with Gasteiger partial charge in [-0.25, -0.2) is 4.79 Å². The summed E-state index contributed by atoms with van der Waals surface area (Å²) in [5.41, 5.74) is 1.80. The third-order valence-electron chi connectivity index (χ3n) is 2.65. The van der Waals surface area contributed by atoms with Gasteiger partial charge in [0.25, 0.3) is 0 Å². The fourth-order valence-corrected chi connectivity index (χ4v) is 1.61. The van der Waals surface area contributed by atoms with Crippen LogP contribution in [0.1, 0.15) is 12.5 Å². The predicted octanol–water partition coefficient (Wildman–Crippen LogP) is 2.31. The number of hydrogen-bond acceptors (Lipinski definition) is 3. The average Bonchev–Trinajstić information content (AvgIpc) is 2.90. The number of anilines is 1. The van der Waals surface area contributed by atoms with Gasteiger partial charge in [0.1, 0.15) is 12.4 Å². The maximum atomic E-state index is 11.7. The zero-order valence-corrected chi connectivity index (χ0v) is 11.5. The van der Waals surface area contributed by atoms with Gasteiger partial charge in [-0.3, -0.25) is 5.10 Å². The number of urea groups is 1. The molecule has 0 aliphatic carbocycles. The fourth-order valence-electron chi connectivity index (χ4n) is 1.61. The average molecular weight is 274 g/mol. The molecule has 6 nitrogen and oxygen atoms in total. The number of H-pyrrole nitrogens is 1. The molecule has 0 unspecified atom stereocenters. The summed E-state index contributed by atoms with van der Waals surface area (Å²) in [4.78, 5) is 11.7. The van der Waals surface area contributed by atoms with Crippen LogP contribution < -0.4 is 15.4 Å². The first-order chi connectivity index (χ1) is 9.63. The second-order valence-corrected chi connectivity index (χ2v) is 4.61. The summed E-state index contributed by atoms with van der Waals surface area (Å²) in [5, 5.41) is 11.8. The van der Waals surface area contributed by atoms with E-state index in [1.165, 1.54) is 11.8 Å². The predicted molar refractivity (Wildman–Crippen MR) is 76.9 cm³/mol. The molecule has 2 rings (SSSR count). The first kappa shape index (κ1) is 13.9. The maximum absolute atomic E-state index is 11.7. The summed E-state index contributed by atoms with van der Waals surface area (Å²) in [6.45, 7) is 4.30. The number of nitrogens with one attached hydrogen (secondary N) is 3. The van der Waals surface area contributed by atoms with Gasteiger partial charge in [-0.2, -0.15) is 5.10 Å². The number of hydrogen-bond donors (Lipinski definition) is 3. The number of carbonyl (C=O) groups is 1. The Morgan fingerprint density at radius 3 is 2.80 bits per heavy atom. The van der Waals surface area contributed by atoms with Gasteiger partial charge < -0.3 is 15.4 Å². The van der Waals surface area contributed by atoms with E-state index in [9.17, 15) is 4.79 Å². The third-order valence-corrected chi connectivity index (χ3v) is 2.65. The van der Waals surface area contributed by atoms with Gasteiger partial charge in [0.2, 0.25) is 0 Å². The van der Waals surface area contributed by atoms with Gasteiger partial charge in [-0.15, -0.1) is 0 Å². The molecule has 0 aliphatic rings. The molecule has 0 aliphatic heterocycles. The molecule has 0 bridgehead atoms. The van der Waals surface area contributed by atoms with Crippen molar-refractivity contribution in [1.82, 2.24) is 15.5 Å². The second-order valence-electron chi connectivity index (χ2n) is 4.61. The van der Waals surface area contributed by atoms with E-state index in [1.807, 2.05) is 38.1 Å². The minimum absolute atomic E-state index is 0.108. The number of ether oxygens (including phenoxy) is 1. The monoisotopic (exact) mass is 274 g/mol. The summed E-state index contributed by atoms with van der Waals surface area (Å²) in [6.07, 6.45) is 3.14. The normalized spacial score (nSPS) is 11.7. The number of aryl methyl sites for hydroxylation is 1. The molecule has 20 heavy (non-hydrogen) atoms. The Labute approximate surface area is 117 Å². The molecule has 6 heteroatoms. The number of benzene rings is 1. The second kappa shape index (κ2) is 6.60. The van der Waals surface area contributed by atoms with E-state index in [0.29, 0.717) is 12.3 Å². The number of nitrogens with zero attached hydrogens (tertiary/aromatic N) is 1. The Morgan fingerprint density at radius 1 is 1.40 bits per heavy atom. The Hall–Kier alpha value is -2.50. The zero-order chi connectivity index (χ0) is 14.4. The SMILES string of the molecule is Cc1ccc(OC[C@@H](C)NC(=O)Nc2cn[nH]c2)cc1. The molecule has 0 spiro atoms. The molecule has 1 aromatic heterocycles. The quantitative estimate of drug-likeness (QED) is 0.782. The molecule has 0 radical (unpaired) electrons. The Bertz CT molecular complexity index is 537. The number of rotatable bonds is 5. The highest BCUT2D eigenvalue weighted by atomic mass is 16.5. The zero-order valence-electron chi connectivity index (χ0n) is 11.5. The molecule has 2 amide bonds. The first-order valence-electron chi connectivity index (χ1n) is 6.39. The van der Waals surface area contributed by atoms with Crippen LogP contribution in [0.25, 0.3) is 0 Å². The van der Waals surface area contributed by atoms with Crippen LogP contribution in [-0.4, -0.2) is 28.9 Å². The third kappa shape index (κ3) is 4.31. The molecule has 2 aromatic rings. The number of aromatic nitrogens is 2. The van der Waals surface area contributed by atoms with Crippen molar-refractivity contribution in [2.45, 2.75) is 19.9 Å². The highest BCUT2D eigenvalue weighted by molar-refractivity contribution is 5.89. The molecule has 1 heterocycles. The number of amides is 2. The van der Waals surface area contributed by atoms with E-state index in [1.54, 1.807) is 6.20 Å². The lowest BCUT2D eigenvalue weighted by Gasteiger charge is -2.15. The van der Waals surface area contributed by atoms with Gasteiger partial charge in [0.05, 0.1) is 17.9 Å². The van der Waals surface area contributed by atoms with E-state index >= 15 is 0 Å². The minimum Gasteiger partial charge on any atom is -0.491 e. The summed E-state index contributed by atoms with van der Waals surface area (Å²) in [6, 6.07) is 7.40. The summed E-state index contributed by atoms with van der Waals surface area (Å²) in [5.74, 6) is 0.791. The van der Waals surface area contributed by atoms with Crippen LogP contribution in [0.15, 0.2) is 36.7 Å².